The molecule has 0 saturated carbocycles. The zero-order valence-corrected chi connectivity index (χ0v) is 15.3. The maximum absolute atomic E-state index is 13.1. The summed E-state index contributed by atoms with van der Waals surface area (Å²) in [7, 11) is 1.75. The molecule has 1 aromatic heterocycles. The van der Waals surface area contributed by atoms with Gasteiger partial charge in [-0.2, -0.15) is 0 Å². The number of anilines is 1. The average molecular weight is 360 g/mol. The molecule has 2 aromatic rings. The maximum Gasteiger partial charge on any atom is 0.239 e. The first-order chi connectivity index (χ1) is 11.9. The van der Waals surface area contributed by atoms with Crippen molar-refractivity contribution in [3.05, 3.63) is 52.0 Å². The van der Waals surface area contributed by atoms with Gasteiger partial charge >= 0.3 is 0 Å². The summed E-state index contributed by atoms with van der Waals surface area (Å²) in [5.41, 5.74) is 0.631. The SMILES string of the molecule is Cc1ccc(C(C)N(C)C(=O)C2CCN(c3ccc(F)cc3)C2=O)s1. The normalized spacial score (nSPS) is 18.5. The number of thiophene rings is 1. The van der Waals surface area contributed by atoms with Gasteiger partial charge in [-0.1, -0.05) is 0 Å². The molecule has 0 radical (unpaired) electrons. The molecule has 0 N–H and O–H groups in total. The van der Waals surface area contributed by atoms with Crippen LogP contribution < -0.4 is 4.90 Å². The van der Waals surface area contributed by atoms with E-state index in [0.717, 1.165) is 4.88 Å². The van der Waals surface area contributed by atoms with Crippen molar-refractivity contribution in [3.63, 3.8) is 0 Å². The number of benzene rings is 1. The predicted molar refractivity (Wildman–Crippen MR) is 97.1 cm³/mol. The van der Waals surface area contributed by atoms with Gasteiger partial charge in [0.25, 0.3) is 0 Å². The van der Waals surface area contributed by atoms with Crippen LogP contribution in [0.25, 0.3) is 0 Å². The first kappa shape index (κ1) is 17.6. The van der Waals surface area contributed by atoms with E-state index in [-0.39, 0.29) is 23.7 Å². The summed E-state index contributed by atoms with van der Waals surface area (Å²) < 4.78 is 13.1. The second-order valence-electron chi connectivity index (χ2n) is 6.38. The standard InChI is InChI=1S/C19H21FN2O2S/c1-12-4-9-17(25-12)13(2)21(3)18(23)16-10-11-22(19(16)24)15-7-5-14(20)6-8-15/h4-9,13,16H,10-11H2,1-3H3. The van der Waals surface area contributed by atoms with Crippen LogP contribution in [0.5, 0.6) is 0 Å². The van der Waals surface area contributed by atoms with Gasteiger partial charge in [-0.25, -0.2) is 4.39 Å². The monoisotopic (exact) mass is 360 g/mol. The van der Waals surface area contributed by atoms with Gasteiger partial charge in [0.15, 0.2) is 0 Å². The van der Waals surface area contributed by atoms with Gasteiger partial charge in [0, 0.05) is 29.0 Å². The van der Waals surface area contributed by atoms with Crippen LogP contribution >= 0.6 is 11.3 Å². The molecule has 0 aliphatic carbocycles. The summed E-state index contributed by atoms with van der Waals surface area (Å²) in [6, 6.07) is 9.78. The van der Waals surface area contributed by atoms with E-state index in [2.05, 4.69) is 0 Å². The van der Waals surface area contributed by atoms with E-state index in [9.17, 15) is 14.0 Å². The molecular weight excluding hydrogens is 339 g/mol. The minimum absolute atomic E-state index is 0.0705. The van der Waals surface area contributed by atoms with Crippen LogP contribution in [0, 0.1) is 18.7 Å². The van der Waals surface area contributed by atoms with Crippen molar-refractivity contribution in [2.75, 3.05) is 18.5 Å². The number of rotatable bonds is 4. The molecule has 2 unspecified atom stereocenters. The van der Waals surface area contributed by atoms with Crippen molar-refractivity contribution in [3.8, 4) is 0 Å². The molecule has 1 aliphatic rings. The number of aryl methyl sites for hydroxylation is 1. The minimum Gasteiger partial charge on any atom is -0.337 e. The molecule has 2 heterocycles. The molecule has 1 aromatic carbocycles. The van der Waals surface area contributed by atoms with E-state index in [4.69, 9.17) is 0 Å². The zero-order valence-electron chi connectivity index (χ0n) is 14.5. The molecule has 3 rings (SSSR count). The molecule has 2 amide bonds. The Hall–Kier alpha value is -2.21. The zero-order chi connectivity index (χ0) is 18.1. The van der Waals surface area contributed by atoms with Crippen LogP contribution in [-0.4, -0.2) is 30.3 Å². The molecule has 0 bridgehead atoms. The van der Waals surface area contributed by atoms with Crippen molar-refractivity contribution >= 4 is 28.8 Å². The molecule has 2 atom stereocenters. The fourth-order valence-electron chi connectivity index (χ4n) is 3.09. The van der Waals surface area contributed by atoms with Crippen molar-refractivity contribution in [2.24, 2.45) is 5.92 Å². The molecule has 1 fully saturated rings. The quantitative estimate of drug-likeness (QED) is 0.779. The lowest BCUT2D eigenvalue weighted by atomic mass is 10.1. The average Bonchev–Trinajstić information content (AvgIpc) is 3.20. The number of carbonyl (C=O) groups excluding carboxylic acids is 2. The lowest BCUT2D eigenvalue weighted by molar-refractivity contribution is -0.140. The molecule has 0 spiro atoms. The third kappa shape index (κ3) is 3.44. The summed E-state index contributed by atoms with van der Waals surface area (Å²) in [4.78, 5) is 31.0. The Balaban J connectivity index is 1.72. The van der Waals surface area contributed by atoms with Gasteiger partial charge in [-0.15, -0.1) is 11.3 Å². The highest BCUT2D eigenvalue weighted by atomic mass is 32.1. The van der Waals surface area contributed by atoms with Crippen molar-refractivity contribution in [1.29, 1.82) is 0 Å². The van der Waals surface area contributed by atoms with Gasteiger partial charge in [-0.3, -0.25) is 9.59 Å². The van der Waals surface area contributed by atoms with Crippen LogP contribution in [0.1, 0.15) is 29.1 Å². The summed E-state index contributed by atoms with van der Waals surface area (Å²) in [6.07, 6.45) is 0.482. The number of amides is 2. The molecule has 6 heteroatoms. The highest BCUT2D eigenvalue weighted by molar-refractivity contribution is 7.12. The van der Waals surface area contributed by atoms with Crippen molar-refractivity contribution < 1.29 is 14.0 Å². The molecule has 25 heavy (non-hydrogen) atoms. The highest BCUT2D eigenvalue weighted by Crippen LogP contribution is 2.31. The molecule has 1 aliphatic heterocycles. The number of carbonyl (C=O) groups is 2. The Bertz CT molecular complexity index is 787. The van der Waals surface area contributed by atoms with Crippen LogP contribution in [0.15, 0.2) is 36.4 Å². The lowest BCUT2D eigenvalue weighted by Crippen LogP contribution is -2.39. The van der Waals surface area contributed by atoms with E-state index in [0.29, 0.717) is 18.7 Å². The highest BCUT2D eigenvalue weighted by Gasteiger charge is 2.40. The van der Waals surface area contributed by atoms with Crippen LogP contribution in [0.2, 0.25) is 0 Å². The van der Waals surface area contributed by atoms with Crippen LogP contribution in [-0.2, 0) is 9.59 Å². The van der Waals surface area contributed by atoms with Crippen LogP contribution in [0.4, 0.5) is 10.1 Å². The smallest absolute Gasteiger partial charge is 0.239 e. The summed E-state index contributed by atoms with van der Waals surface area (Å²) >= 11 is 1.66. The first-order valence-corrected chi connectivity index (χ1v) is 9.10. The summed E-state index contributed by atoms with van der Waals surface area (Å²) in [5.74, 6) is -1.38. The minimum atomic E-state index is -0.668. The molecular formula is C19H21FN2O2S. The Labute approximate surface area is 150 Å². The topological polar surface area (TPSA) is 40.6 Å². The van der Waals surface area contributed by atoms with E-state index in [1.807, 2.05) is 26.0 Å². The Morgan fingerprint density at radius 3 is 2.56 bits per heavy atom. The number of nitrogens with zero attached hydrogens (tertiary/aromatic N) is 2. The largest absolute Gasteiger partial charge is 0.337 e. The summed E-state index contributed by atoms with van der Waals surface area (Å²) in [6.45, 7) is 4.48. The van der Waals surface area contributed by atoms with Crippen molar-refractivity contribution in [2.45, 2.75) is 26.3 Å². The Morgan fingerprint density at radius 1 is 1.28 bits per heavy atom. The number of hydrogen-bond donors (Lipinski definition) is 0. The van der Waals surface area contributed by atoms with E-state index in [1.54, 1.807) is 40.3 Å². The first-order valence-electron chi connectivity index (χ1n) is 8.28. The molecule has 1 saturated heterocycles. The van der Waals surface area contributed by atoms with E-state index >= 15 is 0 Å². The number of halogens is 1. The van der Waals surface area contributed by atoms with Gasteiger partial charge in [0.05, 0.1) is 6.04 Å². The Morgan fingerprint density at radius 2 is 1.96 bits per heavy atom. The van der Waals surface area contributed by atoms with Gasteiger partial charge < -0.3 is 9.80 Å². The summed E-state index contributed by atoms with van der Waals surface area (Å²) in [5, 5.41) is 0. The second kappa shape index (κ2) is 6.96. The van der Waals surface area contributed by atoms with Gasteiger partial charge in [0.2, 0.25) is 11.8 Å². The third-order valence-electron chi connectivity index (χ3n) is 4.74. The van der Waals surface area contributed by atoms with E-state index in [1.165, 1.54) is 17.0 Å². The number of hydrogen-bond acceptors (Lipinski definition) is 3. The van der Waals surface area contributed by atoms with Gasteiger partial charge in [-0.05, 0) is 56.7 Å². The second-order valence-corrected chi connectivity index (χ2v) is 7.70. The Kier molecular flexibility index (Phi) is 4.90. The van der Waals surface area contributed by atoms with Gasteiger partial charge in [0.1, 0.15) is 11.7 Å². The predicted octanol–water partition coefficient (Wildman–Crippen LogP) is 3.77. The third-order valence-corrected chi connectivity index (χ3v) is 5.91. The molecule has 4 nitrogen and oxygen atoms in total. The molecule has 132 valence electrons. The van der Waals surface area contributed by atoms with Crippen molar-refractivity contribution in [1.82, 2.24) is 4.90 Å². The fourth-order valence-corrected chi connectivity index (χ4v) is 4.06. The maximum atomic E-state index is 13.1. The van der Waals surface area contributed by atoms with Crippen LogP contribution in [0.3, 0.4) is 0 Å². The lowest BCUT2D eigenvalue weighted by Gasteiger charge is -2.26. The fraction of sp³-hybridized carbons (Fsp3) is 0.368. The van der Waals surface area contributed by atoms with E-state index < -0.39 is 5.92 Å².